The van der Waals surface area contributed by atoms with Crippen molar-refractivity contribution in [1.29, 1.82) is 0 Å². The van der Waals surface area contributed by atoms with E-state index in [-0.39, 0.29) is 11.4 Å². The molecule has 0 aliphatic rings. The predicted octanol–water partition coefficient (Wildman–Crippen LogP) is 8.06. The lowest BCUT2D eigenvalue weighted by molar-refractivity contribution is -0.384. The van der Waals surface area contributed by atoms with Gasteiger partial charge < -0.3 is 0 Å². The topological polar surface area (TPSA) is 138 Å². The molecule has 7 aromatic rings. The zero-order valence-corrected chi connectivity index (χ0v) is 22.9. The first kappa shape index (κ1) is 26.5. The summed E-state index contributed by atoms with van der Waals surface area (Å²) in [6.07, 6.45) is 0. The number of non-ortho nitro benzene ring substituents is 2. The van der Waals surface area contributed by atoms with Gasteiger partial charge in [0.1, 0.15) is 0 Å². The molecule has 0 atom stereocenters. The van der Waals surface area contributed by atoms with Crippen LogP contribution in [-0.2, 0) is 0 Å². The molecule has 0 saturated carbocycles. The van der Waals surface area contributed by atoms with Crippen LogP contribution in [0.5, 0.6) is 0 Å². The van der Waals surface area contributed by atoms with Crippen LogP contribution >= 0.6 is 0 Å². The van der Waals surface area contributed by atoms with Gasteiger partial charge in [0.2, 0.25) is 0 Å². The summed E-state index contributed by atoms with van der Waals surface area (Å²) >= 11 is 0. The molecule has 0 radical (unpaired) electrons. The number of benzene rings is 5. The molecule has 5 aromatic carbocycles. The van der Waals surface area contributed by atoms with Crippen LogP contribution in [0.1, 0.15) is 0 Å². The Labute approximate surface area is 249 Å². The predicted molar refractivity (Wildman–Crippen MR) is 168 cm³/mol. The zero-order chi connectivity index (χ0) is 30.2. The Kier molecular flexibility index (Phi) is 6.48. The van der Waals surface area contributed by atoms with Gasteiger partial charge in [-0.25, -0.2) is 19.9 Å². The standard InChI is InChI=1S/C34H20N6O4/c41-39(42)25-15-17-29-27(19-25)31(21-7-3-1-4-8-21)37-33(35-29)23-11-13-24(14-12-23)34-36-30-18-16-26(40(43)44)20-28(30)32(38-34)22-9-5-2-6-10-22/h1-20H. The third kappa shape index (κ3) is 4.86. The van der Waals surface area contributed by atoms with E-state index in [1.54, 1.807) is 12.1 Å². The molecule has 0 saturated heterocycles. The first-order valence-electron chi connectivity index (χ1n) is 13.6. The van der Waals surface area contributed by atoms with Crippen LogP contribution in [0.4, 0.5) is 11.4 Å². The minimum atomic E-state index is -0.430. The Morgan fingerprint density at radius 3 is 1.18 bits per heavy atom. The second kappa shape index (κ2) is 10.8. The third-order valence-corrected chi connectivity index (χ3v) is 7.28. The highest BCUT2D eigenvalue weighted by Gasteiger charge is 2.17. The van der Waals surface area contributed by atoms with Crippen LogP contribution in [0.2, 0.25) is 0 Å². The van der Waals surface area contributed by atoms with Crippen molar-refractivity contribution in [3.05, 3.63) is 142 Å². The Bertz CT molecular complexity index is 2060. The van der Waals surface area contributed by atoms with Crippen molar-refractivity contribution >= 4 is 33.2 Å². The number of rotatable bonds is 6. The van der Waals surface area contributed by atoms with Gasteiger partial charge in [0.25, 0.3) is 11.4 Å². The second-order valence-corrected chi connectivity index (χ2v) is 10.0. The lowest BCUT2D eigenvalue weighted by atomic mass is 10.0. The molecule has 10 nitrogen and oxygen atoms in total. The molecule has 0 spiro atoms. The van der Waals surface area contributed by atoms with Crippen LogP contribution in [0.25, 0.3) is 67.1 Å². The van der Waals surface area contributed by atoms with Crippen LogP contribution < -0.4 is 0 Å². The summed E-state index contributed by atoms with van der Waals surface area (Å²) in [5.41, 5.74) is 5.41. The van der Waals surface area contributed by atoms with Gasteiger partial charge in [-0.05, 0) is 12.1 Å². The highest BCUT2D eigenvalue weighted by Crippen LogP contribution is 2.34. The summed E-state index contributed by atoms with van der Waals surface area (Å²) in [6.45, 7) is 0. The fraction of sp³-hybridized carbons (Fsp3) is 0. The van der Waals surface area contributed by atoms with E-state index in [1.165, 1.54) is 24.3 Å². The molecule has 10 heteroatoms. The first-order valence-corrected chi connectivity index (χ1v) is 13.6. The number of nitro groups is 2. The largest absolute Gasteiger partial charge is 0.270 e. The van der Waals surface area contributed by atoms with Crippen molar-refractivity contribution in [3.8, 4) is 45.3 Å². The van der Waals surface area contributed by atoms with E-state index in [0.717, 1.165) is 22.3 Å². The maximum atomic E-state index is 11.5. The van der Waals surface area contributed by atoms with Crippen LogP contribution in [0.15, 0.2) is 121 Å². The van der Waals surface area contributed by atoms with Crippen LogP contribution in [0, 0.1) is 20.2 Å². The SMILES string of the molecule is O=[N+]([O-])c1ccc2nc(-c3ccc(-c4nc(-c5ccccc5)c5cc([N+](=O)[O-])ccc5n4)cc3)nc(-c3ccccc3)c2c1. The van der Waals surface area contributed by atoms with E-state index in [0.29, 0.717) is 44.8 Å². The highest BCUT2D eigenvalue weighted by atomic mass is 16.6. The normalized spacial score (nSPS) is 11.1. The molecule has 0 unspecified atom stereocenters. The lowest BCUT2D eigenvalue weighted by Gasteiger charge is -2.11. The Hall–Kier alpha value is -6.42. The average molecular weight is 577 g/mol. The molecule has 0 aliphatic carbocycles. The van der Waals surface area contributed by atoms with Crippen molar-refractivity contribution in [2.75, 3.05) is 0 Å². The van der Waals surface area contributed by atoms with Crippen molar-refractivity contribution in [2.24, 2.45) is 0 Å². The molecular weight excluding hydrogens is 556 g/mol. The molecule has 2 heterocycles. The number of fused-ring (bicyclic) bond motifs is 2. The van der Waals surface area contributed by atoms with Crippen molar-refractivity contribution < 1.29 is 9.85 Å². The van der Waals surface area contributed by atoms with E-state index in [9.17, 15) is 20.2 Å². The van der Waals surface area contributed by atoms with Crippen molar-refractivity contribution in [1.82, 2.24) is 19.9 Å². The van der Waals surface area contributed by atoms with E-state index in [2.05, 4.69) is 0 Å². The fourth-order valence-electron chi connectivity index (χ4n) is 5.12. The summed E-state index contributed by atoms with van der Waals surface area (Å²) < 4.78 is 0. The molecule has 7 rings (SSSR count). The number of aromatic nitrogens is 4. The Balaban J connectivity index is 1.34. The van der Waals surface area contributed by atoms with E-state index < -0.39 is 9.85 Å². The van der Waals surface area contributed by atoms with Gasteiger partial charge in [0, 0.05) is 57.3 Å². The van der Waals surface area contributed by atoms with Crippen molar-refractivity contribution in [2.45, 2.75) is 0 Å². The van der Waals surface area contributed by atoms with Gasteiger partial charge in [0.15, 0.2) is 11.6 Å². The summed E-state index contributed by atoms with van der Waals surface area (Å²) in [6, 6.07) is 35.6. The van der Waals surface area contributed by atoms with Crippen molar-refractivity contribution in [3.63, 3.8) is 0 Å². The number of hydrogen-bond donors (Lipinski definition) is 0. The maximum absolute atomic E-state index is 11.5. The summed E-state index contributed by atoms with van der Waals surface area (Å²) in [4.78, 5) is 41.2. The van der Waals surface area contributed by atoms with Gasteiger partial charge in [-0.15, -0.1) is 0 Å². The summed E-state index contributed by atoms with van der Waals surface area (Å²) in [5, 5.41) is 24.1. The van der Waals surface area contributed by atoms with E-state index >= 15 is 0 Å². The highest BCUT2D eigenvalue weighted by molar-refractivity contribution is 5.96. The van der Waals surface area contributed by atoms with E-state index in [4.69, 9.17) is 19.9 Å². The molecule has 2 aromatic heterocycles. The van der Waals surface area contributed by atoms with Crippen LogP contribution in [-0.4, -0.2) is 29.8 Å². The molecule has 0 aliphatic heterocycles. The molecule has 0 amide bonds. The van der Waals surface area contributed by atoms with Gasteiger partial charge >= 0.3 is 0 Å². The molecule has 44 heavy (non-hydrogen) atoms. The molecule has 210 valence electrons. The van der Waals surface area contributed by atoms with Crippen LogP contribution in [0.3, 0.4) is 0 Å². The quantitative estimate of drug-likeness (QED) is 0.143. The third-order valence-electron chi connectivity index (χ3n) is 7.28. The van der Waals surface area contributed by atoms with Gasteiger partial charge in [-0.3, -0.25) is 20.2 Å². The van der Waals surface area contributed by atoms with Gasteiger partial charge in [0.05, 0.1) is 32.3 Å². The maximum Gasteiger partial charge on any atom is 0.270 e. The monoisotopic (exact) mass is 576 g/mol. The summed E-state index contributed by atoms with van der Waals surface area (Å²) in [5.74, 6) is 0.932. The Morgan fingerprint density at radius 2 is 0.818 bits per heavy atom. The molecule has 0 bridgehead atoms. The smallest absolute Gasteiger partial charge is 0.258 e. The number of nitro benzene ring substituents is 2. The second-order valence-electron chi connectivity index (χ2n) is 10.0. The van der Waals surface area contributed by atoms with Gasteiger partial charge in [-0.2, -0.15) is 0 Å². The fourth-order valence-corrected chi connectivity index (χ4v) is 5.12. The van der Waals surface area contributed by atoms with E-state index in [1.807, 2.05) is 84.9 Å². The molecule has 0 N–H and O–H groups in total. The zero-order valence-electron chi connectivity index (χ0n) is 22.9. The minimum Gasteiger partial charge on any atom is -0.258 e. The average Bonchev–Trinajstić information content (AvgIpc) is 3.07. The summed E-state index contributed by atoms with van der Waals surface area (Å²) in [7, 11) is 0. The first-order chi connectivity index (χ1) is 21.4. The molecule has 0 fully saturated rings. The number of hydrogen-bond acceptors (Lipinski definition) is 8. The number of nitrogens with zero attached hydrogens (tertiary/aromatic N) is 6. The minimum absolute atomic E-state index is 0.0322. The lowest BCUT2D eigenvalue weighted by Crippen LogP contribution is -1.98. The molecular formula is C34H20N6O4. The van der Waals surface area contributed by atoms with Gasteiger partial charge in [-0.1, -0.05) is 84.9 Å². The Morgan fingerprint density at radius 1 is 0.432 bits per heavy atom.